The van der Waals surface area contributed by atoms with Crippen LogP contribution in [0.15, 0.2) is 6.20 Å². The number of hydrogen-bond donors (Lipinski definition) is 1. The third-order valence-corrected chi connectivity index (χ3v) is 3.68. The number of ether oxygens (including phenoxy) is 2. The van der Waals surface area contributed by atoms with E-state index in [1.807, 2.05) is 6.92 Å². The molecule has 2 heterocycles. The standard InChI is InChI=1S/C14H20N2O4/c1-3-4-11-10(12(17)18)9-15-13(16-11)14(19-2)5-7-20-8-6-14/h9H,3-8H2,1-2H3,(H,17,18). The van der Waals surface area contributed by atoms with Gasteiger partial charge in [0, 0.05) is 39.4 Å². The van der Waals surface area contributed by atoms with Crippen molar-refractivity contribution in [3.63, 3.8) is 0 Å². The van der Waals surface area contributed by atoms with E-state index in [1.165, 1.54) is 6.20 Å². The molecule has 110 valence electrons. The zero-order chi connectivity index (χ0) is 14.6. The van der Waals surface area contributed by atoms with Crippen LogP contribution in [0.25, 0.3) is 0 Å². The smallest absolute Gasteiger partial charge is 0.339 e. The van der Waals surface area contributed by atoms with Crippen molar-refractivity contribution in [1.82, 2.24) is 9.97 Å². The van der Waals surface area contributed by atoms with E-state index < -0.39 is 11.6 Å². The zero-order valence-electron chi connectivity index (χ0n) is 11.9. The quantitative estimate of drug-likeness (QED) is 0.885. The van der Waals surface area contributed by atoms with Crippen molar-refractivity contribution in [3.8, 4) is 0 Å². The van der Waals surface area contributed by atoms with Gasteiger partial charge in [-0.15, -0.1) is 0 Å². The summed E-state index contributed by atoms with van der Waals surface area (Å²) in [6.07, 6.45) is 4.21. The van der Waals surface area contributed by atoms with Crippen LogP contribution in [0.2, 0.25) is 0 Å². The number of rotatable bonds is 5. The van der Waals surface area contributed by atoms with E-state index in [-0.39, 0.29) is 5.56 Å². The van der Waals surface area contributed by atoms with Gasteiger partial charge in [-0.2, -0.15) is 0 Å². The number of hydrogen-bond acceptors (Lipinski definition) is 5. The summed E-state index contributed by atoms with van der Waals surface area (Å²) in [5.74, 6) is -0.421. The van der Waals surface area contributed by atoms with Crippen LogP contribution in [0.5, 0.6) is 0 Å². The number of aromatic carboxylic acids is 1. The number of carboxylic acid groups (broad SMARTS) is 1. The lowest BCUT2D eigenvalue weighted by Gasteiger charge is -2.34. The summed E-state index contributed by atoms with van der Waals surface area (Å²) >= 11 is 0. The Labute approximate surface area is 118 Å². The molecule has 1 aromatic heterocycles. The molecule has 6 nitrogen and oxygen atoms in total. The second-order valence-electron chi connectivity index (χ2n) is 4.92. The highest BCUT2D eigenvalue weighted by atomic mass is 16.5. The molecule has 6 heteroatoms. The van der Waals surface area contributed by atoms with Gasteiger partial charge in [0.1, 0.15) is 5.60 Å². The Morgan fingerprint density at radius 2 is 2.20 bits per heavy atom. The second-order valence-corrected chi connectivity index (χ2v) is 4.92. The van der Waals surface area contributed by atoms with Crippen molar-refractivity contribution in [2.45, 2.75) is 38.2 Å². The summed E-state index contributed by atoms with van der Waals surface area (Å²) in [6.45, 7) is 3.19. The SMILES string of the molecule is CCCc1nc(C2(OC)CCOCC2)ncc1C(=O)O. The maximum Gasteiger partial charge on any atom is 0.339 e. The Morgan fingerprint density at radius 1 is 1.50 bits per heavy atom. The van der Waals surface area contributed by atoms with Gasteiger partial charge in [-0.1, -0.05) is 13.3 Å². The van der Waals surface area contributed by atoms with Gasteiger partial charge >= 0.3 is 5.97 Å². The third kappa shape index (κ3) is 2.81. The van der Waals surface area contributed by atoms with E-state index in [1.54, 1.807) is 7.11 Å². The van der Waals surface area contributed by atoms with E-state index >= 15 is 0 Å². The molecule has 1 aromatic rings. The van der Waals surface area contributed by atoms with Gasteiger partial charge in [0.05, 0.1) is 11.3 Å². The Balaban J connectivity index is 2.40. The summed E-state index contributed by atoms with van der Waals surface area (Å²) in [4.78, 5) is 19.9. The van der Waals surface area contributed by atoms with Crippen molar-refractivity contribution in [2.75, 3.05) is 20.3 Å². The van der Waals surface area contributed by atoms with Gasteiger partial charge in [0.25, 0.3) is 0 Å². The molecule has 2 rings (SSSR count). The molecule has 0 spiro atoms. The molecule has 20 heavy (non-hydrogen) atoms. The maximum absolute atomic E-state index is 11.2. The first-order valence-electron chi connectivity index (χ1n) is 6.85. The molecule has 0 atom stereocenters. The Kier molecular flexibility index (Phi) is 4.67. The number of nitrogens with zero attached hydrogens (tertiary/aromatic N) is 2. The van der Waals surface area contributed by atoms with Crippen LogP contribution in [0.4, 0.5) is 0 Å². The molecule has 1 aliphatic heterocycles. The molecule has 0 amide bonds. The third-order valence-electron chi connectivity index (χ3n) is 3.68. The number of aromatic nitrogens is 2. The first-order chi connectivity index (χ1) is 9.63. The minimum atomic E-state index is -0.988. The van der Waals surface area contributed by atoms with Crippen molar-refractivity contribution in [3.05, 3.63) is 23.3 Å². The van der Waals surface area contributed by atoms with Gasteiger partial charge < -0.3 is 14.6 Å². The van der Waals surface area contributed by atoms with Crippen molar-refractivity contribution in [2.24, 2.45) is 0 Å². The molecule has 0 radical (unpaired) electrons. The van der Waals surface area contributed by atoms with E-state index in [2.05, 4.69) is 9.97 Å². The molecule has 1 N–H and O–H groups in total. The Hall–Kier alpha value is -1.53. The predicted molar refractivity (Wildman–Crippen MR) is 71.7 cm³/mol. The lowest BCUT2D eigenvalue weighted by atomic mass is 9.92. The van der Waals surface area contributed by atoms with Gasteiger partial charge in [0.2, 0.25) is 0 Å². The summed E-state index contributed by atoms with van der Waals surface area (Å²) in [7, 11) is 1.64. The monoisotopic (exact) mass is 280 g/mol. The fourth-order valence-electron chi connectivity index (χ4n) is 2.46. The summed E-state index contributed by atoms with van der Waals surface area (Å²) in [5.41, 5.74) is 0.194. The Bertz CT molecular complexity index is 484. The van der Waals surface area contributed by atoms with Gasteiger partial charge in [-0.25, -0.2) is 14.8 Å². The van der Waals surface area contributed by atoms with Crippen LogP contribution in [0, 0.1) is 0 Å². The molecular weight excluding hydrogens is 260 g/mol. The molecule has 1 saturated heterocycles. The first kappa shape index (κ1) is 14.9. The molecule has 0 bridgehead atoms. The van der Waals surface area contributed by atoms with Crippen LogP contribution in [0.1, 0.15) is 48.1 Å². The van der Waals surface area contributed by atoms with E-state index in [9.17, 15) is 9.90 Å². The van der Waals surface area contributed by atoms with Gasteiger partial charge in [-0.05, 0) is 6.42 Å². The molecular formula is C14H20N2O4. The summed E-state index contributed by atoms with van der Waals surface area (Å²) < 4.78 is 11.0. The summed E-state index contributed by atoms with van der Waals surface area (Å²) in [5, 5.41) is 9.18. The largest absolute Gasteiger partial charge is 0.478 e. The topological polar surface area (TPSA) is 81.5 Å². The van der Waals surface area contributed by atoms with E-state index in [0.29, 0.717) is 44.0 Å². The second kappa shape index (κ2) is 6.28. The maximum atomic E-state index is 11.2. The van der Waals surface area contributed by atoms with Crippen LogP contribution < -0.4 is 0 Å². The fraction of sp³-hybridized carbons (Fsp3) is 0.643. The van der Waals surface area contributed by atoms with Crippen molar-refractivity contribution in [1.29, 1.82) is 0 Å². The molecule has 0 aliphatic carbocycles. The van der Waals surface area contributed by atoms with Crippen LogP contribution >= 0.6 is 0 Å². The highest BCUT2D eigenvalue weighted by Crippen LogP contribution is 2.33. The van der Waals surface area contributed by atoms with Crippen molar-refractivity contribution < 1.29 is 19.4 Å². The predicted octanol–water partition coefficient (Wildman–Crippen LogP) is 1.78. The van der Waals surface area contributed by atoms with Crippen LogP contribution in [0.3, 0.4) is 0 Å². The van der Waals surface area contributed by atoms with E-state index in [4.69, 9.17) is 9.47 Å². The minimum Gasteiger partial charge on any atom is -0.478 e. The van der Waals surface area contributed by atoms with Crippen LogP contribution in [-0.4, -0.2) is 41.4 Å². The fourth-order valence-corrected chi connectivity index (χ4v) is 2.46. The number of methoxy groups -OCH3 is 1. The average Bonchev–Trinajstić information content (AvgIpc) is 2.48. The average molecular weight is 280 g/mol. The normalized spacial score (nSPS) is 17.9. The number of aryl methyl sites for hydroxylation is 1. The highest BCUT2D eigenvalue weighted by Gasteiger charge is 2.37. The van der Waals surface area contributed by atoms with Crippen molar-refractivity contribution >= 4 is 5.97 Å². The number of carboxylic acids is 1. The molecule has 1 fully saturated rings. The highest BCUT2D eigenvalue weighted by molar-refractivity contribution is 5.88. The summed E-state index contributed by atoms with van der Waals surface area (Å²) in [6, 6.07) is 0. The first-order valence-corrected chi connectivity index (χ1v) is 6.85. The minimum absolute atomic E-state index is 0.175. The molecule has 1 aliphatic rings. The lowest BCUT2D eigenvalue weighted by molar-refractivity contribution is -0.100. The van der Waals surface area contributed by atoms with Gasteiger partial charge in [0.15, 0.2) is 5.82 Å². The zero-order valence-corrected chi connectivity index (χ0v) is 11.9. The van der Waals surface area contributed by atoms with Gasteiger partial charge in [-0.3, -0.25) is 0 Å². The molecule has 0 unspecified atom stereocenters. The van der Waals surface area contributed by atoms with E-state index in [0.717, 1.165) is 6.42 Å². The molecule has 0 aromatic carbocycles. The lowest BCUT2D eigenvalue weighted by Crippen LogP contribution is -2.37. The molecule has 0 saturated carbocycles. The van der Waals surface area contributed by atoms with Crippen LogP contribution in [-0.2, 0) is 21.5 Å². The Morgan fingerprint density at radius 3 is 2.75 bits per heavy atom. The number of carbonyl (C=O) groups is 1.